The molecule has 0 aliphatic rings. The zero-order chi connectivity index (χ0) is 13.1. The van der Waals surface area contributed by atoms with E-state index in [2.05, 4.69) is 4.98 Å². The quantitative estimate of drug-likeness (QED) is 0.638. The van der Waals surface area contributed by atoms with Gasteiger partial charge in [0.15, 0.2) is 5.03 Å². The summed E-state index contributed by atoms with van der Waals surface area (Å²) < 4.78 is 0. The van der Waals surface area contributed by atoms with Gasteiger partial charge in [0.05, 0.1) is 6.54 Å². The van der Waals surface area contributed by atoms with Crippen LogP contribution in [-0.2, 0) is 6.42 Å². The maximum atomic E-state index is 10.6. The third-order valence-electron chi connectivity index (χ3n) is 2.69. The number of nitro groups is 1. The highest BCUT2D eigenvalue weighted by Crippen LogP contribution is 2.18. The fraction of sp³-hybridized carbons (Fsp3) is 0.182. The van der Waals surface area contributed by atoms with Crippen molar-refractivity contribution in [3.8, 4) is 0 Å². The maximum absolute atomic E-state index is 10.6. The largest absolute Gasteiger partial charge is 0.465 e. The maximum Gasteiger partial charge on any atom is 0.465 e. The Labute approximate surface area is 102 Å². The lowest BCUT2D eigenvalue weighted by atomic mass is 10.1. The van der Waals surface area contributed by atoms with E-state index in [1.165, 1.54) is 0 Å². The third kappa shape index (κ3) is 2.24. The van der Waals surface area contributed by atoms with Crippen LogP contribution < -0.4 is 0 Å². The van der Waals surface area contributed by atoms with E-state index in [4.69, 9.17) is 5.11 Å². The normalized spacial score (nSPS) is 10.4. The lowest BCUT2D eigenvalue weighted by molar-refractivity contribution is -0.634. The molecule has 1 amide bonds. The number of hydrogen-bond acceptors (Lipinski definition) is 3. The predicted molar refractivity (Wildman–Crippen MR) is 63.7 cm³/mol. The van der Waals surface area contributed by atoms with E-state index in [9.17, 15) is 14.9 Å². The van der Waals surface area contributed by atoms with Crippen LogP contribution in [0.4, 0.5) is 4.79 Å². The van der Waals surface area contributed by atoms with Gasteiger partial charge in [0.2, 0.25) is 0 Å². The minimum absolute atomic E-state index is 0.176. The zero-order valence-corrected chi connectivity index (χ0v) is 9.37. The Bertz CT molecular complexity index is 579. The van der Waals surface area contributed by atoms with Gasteiger partial charge in [-0.15, -0.1) is 0 Å². The molecule has 0 spiro atoms. The summed E-state index contributed by atoms with van der Waals surface area (Å²) >= 11 is 0. The molecule has 0 radical (unpaired) electrons. The molecule has 18 heavy (non-hydrogen) atoms. The van der Waals surface area contributed by atoms with Gasteiger partial charge in [0.1, 0.15) is 0 Å². The molecule has 2 rings (SSSR count). The van der Waals surface area contributed by atoms with Gasteiger partial charge in [0.25, 0.3) is 0 Å². The molecule has 0 aliphatic carbocycles. The molecular formula is C11H11N3O4. The summed E-state index contributed by atoms with van der Waals surface area (Å²) in [5, 5.41) is 19.4. The molecule has 0 bridgehead atoms. The van der Waals surface area contributed by atoms with Crippen LogP contribution in [0.1, 0.15) is 5.56 Å². The Hall–Kier alpha value is -2.57. The second kappa shape index (κ2) is 4.74. The highest BCUT2D eigenvalue weighted by molar-refractivity contribution is 5.83. The molecule has 7 nitrogen and oxygen atoms in total. The van der Waals surface area contributed by atoms with Crippen LogP contribution in [0.2, 0.25) is 0 Å². The number of aromatic nitrogens is 1. The zero-order valence-electron chi connectivity index (χ0n) is 9.37. The molecule has 0 fully saturated rings. The molecule has 1 aromatic carbocycles. The standard InChI is InChI=1S/C11H11N3O4/c15-11(16)13(14(17)18)6-5-8-7-12-10-4-2-1-3-9(8)10/h1-4,7,12H,5-6H2,(H,15,16). The van der Waals surface area contributed by atoms with Crippen LogP contribution in [-0.4, -0.2) is 32.8 Å². The number of H-pyrrole nitrogens is 1. The van der Waals surface area contributed by atoms with Gasteiger partial charge in [-0.05, 0) is 23.1 Å². The van der Waals surface area contributed by atoms with Crippen molar-refractivity contribution < 1.29 is 14.9 Å². The summed E-state index contributed by atoms with van der Waals surface area (Å²) in [5.74, 6) is 0. The number of benzene rings is 1. The summed E-state index contributed by atoms with van der Waals surface area (Å²) in [4.78, 5) is 24.2. The molecule has 2 aromatic rings. The number of para-hydroxylation sites is 1. The van der Waals surface area contributed by atoms with Crippen molar-refractivity contribution in [3.63, 3.8) is 0 Å². The van der Waals surface area contributed by atoms with Crippen molar-refractivity contribution in [1.29, 1.82) is 0 Å². The molecule has 0 saturated heterocycles. The number of nitrogens with one attached hydrogen (secondary N) is 1. The Morgan fingerprint density at radius 3 is 2.83 bits per heavy atom. The summed E-state index contributed by atoms with van der Waals surface area (Å²) in [5.41, 5.74) is 1.79. The van der Waals surface area contributed by atoms with E-state index in [0.29, 0.717) is 0 Å². The highest BCUT2D eigenvalue weighted by Gasteiger charge is 2.23. The highest BCUT2D eigenvalue weighted by atomic mass is 16.7. The van der Waals surface area contributed by atoms with E-state index in [1.807, 2.05) is 24.3 Å². The summed E-state index contributed by atoms with van der Waals surface area (Å²) in [6, 6.07) is 7.52. The fourth-order valence-electron chi connectivity index (χ4n) is 1.81. The molecule has 94 valence electrons. The predicted octanol–water partition coefficient (Wildman–Crippen LogP) is 1.88. The monoisotopic (exact) mass is 249 g/mol. The Morgan fingerprint density at radius 2 is 2.17 bits per heavy atom. The Morgan fingerprint density at radius 1 is 1.44 bits per heavy atom. The second-order valence-corrected chi connectivity index (χ2v) is 3.75. The topological polar surface area (TPSA) is 99.5 Å². The first-order chi connectivity index (χ1) is 8.59. The van der Waals surface area contributed by atoms with Gasteiger partial charge in [-0.1, -0.05) is 18.2 Å². The smallest absolute Gasteiger partial charge is 0.461 e. The van der Waals surface area contributed by atoms with Crippen molar-refractivity contribution in [2.45, 2.75) is 6.42 Å². The molecule has 0 saturated carbocycles. The van der Waals surface area contributed by atoms with Crippen LogP contribution in [0.15, 0.2) is 30.5 Å². The van der Waals surface area contributed by atoms with Crippen molar-refractivity contribution >= 4 is 17.0 Å². The summed E-state index contributed by atoms with van der Waals surface area (Å²) in [6.45, 7) is -0.176. The van der Waals surface area contributed by atoms with Gasteiger partial charge < -0.3 is 10.1 Å². The number of carboxylic acid groups (broad SMARTS) is 1. The third-order valence-corrected chi connectivity index (χ3v) is 2.69. The number of hydrazine groups is 1. The molecule has 0 aliphatic heterocycles. The van der Waals surface area contributed by atoms with Crippen LogP contribution in [0.5, 0.6) is 0 Å². The number of fused-ring (bicyclic) bond motifs is 1. The summed E-state index contributed by atoms with van der Waals surface area (Å²) in [7, 11) is 0. The number of hydrogen-bond donors (Lipinski definition) is 2. The van der Waals surface area contributed by atoms with Gasteiger partial charge in [-0.3, -0.25) is 0 Å². The molecule has 0 unspecified atom stereocenters. The van der Waals surface area contributed by atoms with Gasteiger partial charge >= 0.3 is 6.09 Å². The first-order valence-electron chi connectivity index (χ1n) is 5.29. The lowest BCUT2D eigenvalue weighted by Gasteiger charge is -2.07. The number of nitrogens with zero attached hydrogens (tertiary/aromatic N) is 2. The Balaban J connectivity index is 2.15. The lowest BCUT2D eigenvalue weighted by Crippen LogP contribution is -2.36. The average Bonchev–Trinajstić information content (AvgIpc) is 2.72. The van der Waals surface area contributed by atoms with E-state index in [0.717, 1.165) is 16.5 Å². The first kappa shape index (κ1) is 11.9. The Kier molecular flexibility index (Phi) is 3.13. The average molecular weight is 249 g/mol. The summed E-state index contributed by atoms with van der Waals surface area (Å²) in [6.07, 6.45) is 0.474. The molecule has 7 heteroatoms. The number of rotatable bonds is 4. The first-order valence-corrected chi connectivity index (χ1v) is 5.29. The molecule has 0 atom stereocenters. The molecule has 1 heterocycles. The molecular weight excluding hydrogens is 238 g/mol. The van der Waals surface area contributed by atoms with Gasteiger partial charge in [-0.2, -0.15) is 0 Å². The van der Waals surface area contributed by atoms with Crippen LogP contribution in [0.25, 0.3) is 10.9 Å². The van der Waals surface area contributed by atoms with Crippen molar-refractivity contribution in [3.05, 3.63) is 46.1 Å². The van der Waals surface area contributed by atoms with Crippen molar-refractivity contribution in [1.82, 2.24) is 9.99 Å². The van der Waals surface area contributed by atoms with Crippen LogP contribution in [0.3, 0.4) is 0 Å². The van der Waals surface area contributed by atoms with Crippen LogP contribution in [0, 0.1) is 10.1 Å². The van der Waals surface area contributed by atoms with E-state index in [1.54, 1.807) is 6.20 Å². The van der Waals surface area contributed by atoms with E-state index < -0.39 is 11.1 Å². The number of amides is 1. The van der Waals surface area contributed by atoms with Crippen molar-refractivity contribution in [2.75, 3.05) is 6.54 Å². The molecule has 2 N–H and O–H groups in total. The number of carbonyl (C=O) groups is 1. The van der Waals surface area contributed by atoms with E-state index >= 15 is 0 Å². The van der Waals surface area contributed by atoms with E-state index in [-0.39, 0.29) is 18.0 Å². The van der Waals surface area contributed by atoms with Gasteiger partial charge in [-0.25, -0.2) is 14.9 Å². The fourth-order valence-corrected chi connectivity index (χ4v) is 1.81. The SMILES string of the molecule is O=C(O)N(CCc1c[nH]c2ccccc12)[N+](=O)[O-]. The second-order valence-electron chi connectivity index (χ2n) is 3.75. The van der Waals surface area contributed by atoms with Gasteiger partial charge in [0, 0.05) is 17.1 Å². The minimum Gasteiger partial charge on any atom is -0.461 e. The molecule has 1 aromatic heterocycles. The van der Waals surface area contributed by atoms with Crippen molar-refractivity contribution in [2.24, 2.45) is 0 Å². The minimum atomic E-state index is -1.56. The van der Waals surface area contributed by atoms with Crippen LogP contribution >= 0.6 is 0 Å². The number of aromatic amines is 1.